The number of azo groups is 1. The number of hydrogen-bond donors (Lipinski definition) is 0. The maximum Gasteiger partial charge on any atom is 0.229 e. The van der Waals surface area contributed by atoms with E-state index in [1.165, 1.54) is 11.3 Å². The van der Waals surface area contributed by atoms with Gasteiger partial charge in [-0.1, -0.05) is 0 Å². The summed E-state index contributed by atoms with van der Waals surface area (Å²) < 4.78 is 44.2. The first-order valence-corrected chi connectivity index (χ1v) is 20.7. The Hall–Kier alpha value is -3.06. The third-order valence-electron chi connectivity index (χ3n) is 8.53. The molecule has 1 aromatic carbocycles. The largest absolute Gasteiger partial charge is 0.377 e. The van der Waals surface area contributed by atoms with Crippen molar-refractivity contribution in [3.8, 4) is 6.07 Å². The molecule has 15 heteroatoms. The van der Waals surface area contributed by atoms with Gasteiger partial charge >= 0.3 is 0 Å². The quantitative estimate of drug-likeness (QED) is 0.0352. The zero-order valence-electron chi connectivity index (χ0n) is 36.8. The van der Waals surface area contributed by atoms with Crippen LogP contribution in [0.15, 0.2) is 28.4 Å². The molecule has 0 saturated carbocycles. The van der Waals surface area contributed by atoms with E-state index in [9.17, 15) is 5.26 Å². The molecule has 0 aliphatic rings. The summed E-state index contributed by atoms with van der Waals surface area (Å²) in [5, 5.41) is 18.8. The van der Waals surface area contributed by atoms with Gasteiger partial charge < -0.3 is 47.0 Å². The minimum Gasteiger partial charge on any atom is -0.377 e. The number of aryl methyl sites for hydroxylation is 1. The minimum absolute atomic E-state index is 0.0314. The first-order valence-electron chi connectivity index (χ1n) is 19.9. The number of rotatable bonds is 30. The monoisotopic (exact) mass is 818 g/mol. The van der Waals surface area contributed by atoms with Gasteiger partial charge in [0, 0.05) is 18.8 Å². The molecule has 0 radical (unpaired) electrons. The van der Waals surface area contributed by atoms with Gasteiger partial charge in [0.1, 0.15) is 24.2 Å². The Labute approximate surface area is 347 Å². The predicted molar refractivity (Wildman–Crippen MR) is 228 cm³/mol. The van der Waals surface area contributed by atoms with E-state index >= 15 is 0 Å². The molecule has 0 aliphatic heterocycles. The summed E-state index contributed by atoms with van der Waals surface area (Å²) in [6, 6.07) is 8.15. The van der Waals surface area contributed by atoms with E-state index in [4.69, 9.17) is 39.7 Å². The maximum absolute atomic E-state index is 9.48. The van der Waals surface area contributed by atoms with Crippen molar-refractivity contribution in [3.05, 3.63) is 45.6 Å². The van der Waals surface area contributed by atoms with Gasteiger partial charge in [-0.2, -0.15) is 15.5 Å². The molecule has 2 atom stereocenters. The number of hydrogen-bond acceptors (Lipinski definition) is 12. The molecule has 0 spiro atoms. The molecular weight excluding hydrogens is 747 g/mol. The van der Waals surface area contributed by atoms with Crippen molar-refractivity contribution in [2.75, 3.05) is 139 Å². The van der Waals surface area contributed by atoms with Crippen molar-refractivity contribution < 1.29 is 42.1 Å². The van der Waals surface area contributed by atoms with Crippen molar-refractivity contribution >= 4 is 33.4 Å². The SMILES string of the molecule is [C-]#[N+]c1c(/N=N/c2ccc(N(CC(COC(C)C)OCCOCCOCC[N+](C)(C)C)CC(COC(C)C)OCCOCC[N+](C)(C)C)cc2C)sc(C#N)c1C. The molecule has 1 heterocycles. The Balaban J connectivity index is 2.30. The van der Waals surface area contributed by atoms with Crippen molar-refractivity contribution in [3.63, 3.8) is 0 Å². The number of benzene rings is 1. The molecule has 0 N–H and O–H groups in total. The Bertz CT molecular complexity index is 1560. The van der Waals surface area contributed by atoms with Gasteiger partial charge in [-0.05, 0) is 70.9 Å². The fraction of sp³-hybridized carbons (Fsp3) is 0.714. The summed E-state index contributed by atoms with van der Waals surface area (Å²) in [4.78, 5) is 6.31. The highest BCUT2D eigenvalue weighted by Gasteiger charge is 2.23. The third-order valence-corrected chi connectivity index (χ3v) is 9.60. The third kappa shape index (κ3) is 21.5. The second-order valence-electron chi connectivity index (χ2n) is 16.6. The van der Waals surface area contributed by atoms with Gasteiger partial charge in [0.2, 0.25) is 5.69 Å². The summed E-state index contributed by atoms with van der Waals surface area (Å²) in [5.74, 6) is 0. The summed E-state index contributed by atoms with van der Waals surface area (Å²) in [7, 11) is 12.9. The van der Waals surface area contributed by atoms with Gasteiger partial charge in [0.15, 0.2) is 0 Å². The first-order chi connectivity index (χ1) is 26.9. The fourth-order valence-corrected chi connectivity index (χ4v) is 6.04. The molecule has 0 aliphatic carbocycles. The number of nitrogens with zero attached hydrogens (tertiary/aromatic N) is 7. The molecule has 0 bridgehead atoms. The lowest BCUT2D eigenvalue weighted by Gasteiger charge is -2.33. The van der Waals surface area contributed by atoms with Gasteiger partial charge in [0.05, 0.1) is 150 Å². The van der Waals surface area contributed by atoms with Crippen LogP contribution >= 0.6 is 11.3 Å². The number of anilines is 1. The van der Waals surface area contributed by atoms with Crippen molar-refractivity contribution in [1.82, 2.24) is 0 Å². The van der Waals surface area contributed by atoms with Gasteiger partial charge in [-0.25, -0.2) is 4.85 Å². The number of quaternary nitrogens is 2. The highest BCUT2D eigenvalue weighted by molar-refractivity contribution is 7.17. The molecule has 0 saturated heterocycles. The summed E-state index contributed by atoms with van der Waals surface area (Å²) in [5.41, 5.74) is 3.50. The number of ether oxygens (including phenoxy) is 7. The van der Waals surface area contributed by atoms with Crippen LogP contribution in [0.2, 0.25) is 0 Å². The van der Waals surface area contributed by atoms with Gasteiger partial charge in [0.25, 0.3) is 0 Å². The average Bonchev–Trinajstić information content (AvgIpc) is 3.44. The van der Waals surface area contributed by atoms with Crippen LogP contribution in [0.3, 0.4) is 0 Å². The Morgan fingerprint density at radius 1 is 0.737 bits per heavy atom. The van der Waals surface area contributed by atoms with E-state index in [0.29, 0.717) is 106 Å². The number of thiophene rings is 1. The Morgan fingerprint density at radius 3 is 1.67 bits per heavy atom. The van der Waals surface area contributed by atoms with Crippen LogP contribution in [0.5, 0.6) is 0 Å². The Morgan fingerprint density at radius 2 is 1.23 bits per heavy atom. The highest BCUT2D eigenvalue weighted by atomic mass is 32.1. The van der Waals surface area contributed by atoms with Crippen LogP contribution in [0.4, 0.5) is 22.1 Å². The zero-order valence-corrected chi connectivity index (χ0v) is 37.7. The lowest BCUT2D eigenvalue weighted by Crippen LogP contribution is -2.44. The average molecular weight is 818 g/mol. The van der Waals surface area contributed by atoms with Crippen LogP contribution in [0.25, 0.3) is 4.85 Å². The second kappa shape index (κ2) is 26.1. The van der Waals surface area contributed by atoms with Crippen molar-refractivity contribution in [1.29, 1.82) is 5.26 Å². The van der Waals surface area contributed by atoms with Gasteiger partial charge in [-0.3, -0.25) is 0 Å². The van der Waals surface area contributed by atoms with E-state index in [2.05, 4.69) is 74.4 Å². The summed E-state index contributed by atoms with van der Waals surface area (Å²) in [6.45, 7) is 27.2. The van der Waals surface area contributed by atoms with E-state index < -0.39 is 0 Å². The van der Waals surface area contributed by atoms with Crippen LogP contribution in [0, 0.1) is 31.8 Å². The van der Waals surface area contributed by atoms with E-state index in [0.717, 1.165) is 33.3 Å². The first kappa shape index (κ1) is 50.1. The maximum atomic E-state index is 9.48. The molecule has 0 fully saturated rings. The summed E-state index contributed by atoms with van der Waals surface area (Å²) >= 11 is 1.18. The molecule has 1 aromatic heterocycles. The minimum atomic E-state index is -0.273. The molecule has 2 aromatic rings. The molecular formula is C42H71N7O7S+2. The molecule has 2 unspecified atom stereocenters. The topological polar surface area (TPSA) is 121 Å². The van der Waals surface area contributed by atoms with E-state index in [1.807, 2.05) is 46.8 Å². The zero-order chi connectivity index (χ0) is 42.4. The predicted octanol–water partition coefficient (Wildman–Crippen LogP) is 7.09. The standard InChI is InChI=1S/C42H71N7O7S/c1-32(2)55-30-37(53-24-22-51-19-17-49(11,12)13)28-47(29-38(31-56-33(3)4)54-25-23-52-21-20-50-18-16-48(8,9)10)36-14-15-39(34(5)26-36)45-46-42-41(44-7)35(6)40(27-43)57-42/h14-15,26,32-33,37-38H,16-25,28-31H2,1-6,8-13H3/q+2/b46-45+. The fourth-order valence-electron chi connectivity index (χ4n) is 5.18. The van der Waals surface area contributed by atoms with Gasteiger partial charge in [-0.15, -0.1) is 11.3 Å². The molecule has 57 heavy (non-hydrogen) atoms. The van der Waals surface area contributed by atoms with E-state index in [-0.39, 0.29) is 24.4 Å². The lowest BCUT2D eigenvalue weighted by molar-refractivity contribution is -0.870. The molecule has 0 amide bonds. The number of likely N-dealkylation sites (N-methyl/N-ethyl adjacent to an activating group) is 2. The number of nitriles is 1. The van der Waals surface area contributed by atoms with Crippen LogP contribution in [-0.2, 0) is 33.2 Å². The lowest BCUT2D eigenvalue weighted by atomic mass is 10.1. The normalized spacial score (nSPS) is 13.4. The second-order valence-corrected chi connectivity index (χ2v) is 17.6. The van der Waals surface area contributed by atoms with Crippen molar-refractivity contribution in [2.24, 2.45) is 10.2 Å². The molecule has 320 valence electrons. The highest BCUT2D eigenvalue weighted by Crippen LogP contribution is 2.42. The van der Waals surface area contributed by atoms with Crippen LogP contribution < -0.4 is 4.90 Å². The smallest absolute Gasteiger partial charge is 0.229 e. The van der Waals surface area contributed by atoms with Crippen molar-refractivity contribution in [2.45, 2.75) is 66.0 Å². The van der Waals surface area contributed by atoms with Crippen LogP contribution in [-0.4, -0.2) is 168 Å². The molecule has 2 rings (SSSR count). The van der Waals surface area contributed by atoms with E-state index in [1.54, 1.807) is 6.92 Å². The Kier molecular flexibility index (Phi) is 23.0. The van der Waals surface area contributed by atoms with Crippen LogP contribution in [0.1, 0.15) is 43.7 Å². The summed E-state index contributed by atoms with van der Waals surface area (Å²) in [6.07, 6.45) is -0.463. The molecule has 14 nitrogen and oxygen atoms in total.